The van der Waals surface area contributed by atoms with Crippen molar-refractivity contribution in [2.75, 3.05) is 19.4 Å². The summed E-state index contributed by atoms with van der Waals surface area (Å²) in [5.41, 5.74) is 1.51. The molecule has 2 rings (SSSR count). The van der Waals surface area contributed by atoms with Gasteiger partial charge in [-0.15, -0.1) is 0 Å². The van der Waals surface area contributed by atoms with Gasteiger partial charge in [-0.05, 0) is 46.3 Å². The number of nitrogens with one attached hydrogen (secondary N) is 1. The van der Waals surface area contributed by atoms with E-state index in [1.165, 1.54) is 4.90 Å². The van der Waals surface area contributed by atoms with E-state index in [1.54, 1.807) is 56.7 Å². The normalized spacial score (nSPS) is 10.0. The molecule has 6 heteroatoms. The largest absolute Gasteiger partial charge is 0.345 e. The van der Waals surface area contributed by atoms with Gasteiger partial charge in [0.25, 0.3) is 11.8 Å². The van der Waals surface area contributed by atoms with Crippen LogP contribution in [0.3, 0.4) is 0 Å². The van der Waals surface area contributed by atoms with Crippen molar-refractivity contribution in [1.82, 2.24) is 9.88 Å². The maximum Gasteiger partial charge on any atom is 0.258 e. The first kappa shape index (κ1) is 15.2. The molecule has 108 valence electrons. The number of rotatable bonds is 3. The van der Waals surface area contributed by atoms with E-state index in [0.29, 0.717) is 21.4 Å². The first-order valence-corrected chi connectivity index (χ1v) is 7.02. The molecule has 2 aromatic rings. The third-order valence-corrected chi connectivity index (χ3v) is 3.41. The maximum atomic E-state index is 12.2. The Bertz CT molecular complexity index is 686. The third kappa shape index (κ3) is 3.66. The van der Waals surface area contributed by atoms with E-state index in [9.17, 15) is 9.59 Å². The molecule has 1 aromatic carbocycles. The molecule has 1 aromatic heterocycles. The summed E-state index contributed by atoms with van der Waals surface area (Å²) in [6.45, 7) is 0. The number of nitrogens with zero attached hydrogens (tertiary/aromatic N) is 2. The molecule has 0 saturated heterocycles. The first-order chi connectivity index (χ1) is 9.99. The minimum Gasteiger partial charge on any atom is -0.345 e. The fourth-order valence-electron chi connectivity index (χ4n) is 1.74. The zero-order valence-electron chi connectivity index (χ0n) is 11.6. The standard InChI is InChI=1S/C15H14BrN3O2/c1-19(2)15(21)10-5-3-6-11(9-10)18-14(20)12-7-4-8-17-13(12)16/h3-9H,1-2H3,(H,18,20). The Labute approximate surface area is 131 Å². The maximum absolute atomic E-state index is 12.2. The monoisotopic (exact) mass is 347 g/mol. The average molecular weight is 348 g/mol. The number of hydrogen-bond donors (Lipinski definition) is 1. The molecule has 2 amide bonds. The van der Waals surface area contributed by atoms with Crippen LogP contribution >= 0.6 is 15.9 Å². The molecule has 0 fully saturated rings. The van der Waals surface area contributed by atoms with Crippen molar-refractivity contribution < 1.29 is 9.59 Å². The number of aromatic nitrogens is 1. The minimum absolute atomic E-state index is 0.117. The summed E-state index contributed by atoms with van der Waals surface area (Å²) in [4.78, 5) is 29.6. The second kappa shape index (κ2) is 6.49. The summed E-state index contributed by atoms with van der Waals surface area (Å²) < 4.78 is 0.475. The van der Waals surface area contributed by atoms with E-state index in [-0.39, 0.29) is 11.8 Å². The Morgan fingerprint density at radius 3 is 2.62 bits per heavy atom. The van der Waals surface area contributed by atoms with Crippen molar-refractivity contribution in [3.63, 3.8) is 0 Å². The molecule has 0 bridgehead atoms. The summed E-state index contributed by atoms with van der Waals surface area (Å²) in [5, 5.41) is 2.75. The van der Waals surface area contributed by atoms with Crippen LogP contribution in [0.2, 0.25) is 0 Å². The van der Waals surface area contributed by atoms with Gasteiger partial charge in [0.2, 0.25) is 0 Å². The van der Waals surface area contributed by atoms with Crippen LogP contribution in [0.25, 0.3) is 0 Å². The molecule has 0 unspecified atom stereocenters. The second-order valence-corrected chi connectivity index (χ2v) is 5.33. The van der Waals surface area contributed by atoms with Crippen LogP contribution in [0.15, 0.2) is 47.2 Å². The lowest BCUT2D eigenvalue weighted by molar-refractivity contribution is 0.0827. The van der Waals surface area contributed by atoms with Crippen molar-refractivity contribution in [1.29, 1.82) is 0 Å². The van der Waals surface area contributed by atoms with Crippen LogP contribution in [-0.2, 0) is 0 Å². The van der Waals surface area contributed by atoms with E-state index >= 15 is 0 Å². The second-order valence-electron chi connectivity index (χ2n) is 4.58. The Morgan fingerprint density at radius 1 is 1.19 bits per heavy atom. The van der Waals surface area contributed by atoms with Crippen LogP contribution in [0.4, 0.5) is 5.69 Å². The molecule has 0 aliphatic rings. The molecule has 5 nitrogen and oxygen atoms in total. The van der Waals surface area contributed by atoms with Crippen molar-refractivity contribution >= 4 is 33.4 Å². The van der Waals surface area contributed by atoms with Gasteiger partial charge in [-0.25, -0.2) is 4.98 Å². The number of anilines is 1. The quantitative estimate of drug-likeness (QED) is 0.868. The van der Waals surface area contributed by atoms with Gasteiger partial charge in [-0.2, -0.15) is 0 Å². The fourth-order valence-corrected chi connectivity index (χ4v) is 2.17. The highest BCUT2D eigenvalue weighted by molar-refractivity contribution is 9.10. The Balaban J connectivity index is 2.21. The number of amides is 2. The van der Waals surface area contributed by atoms with Gasteiger partial charge in [0, 0.05) is 31.5 Å². The number of hydrogen-bond acceptors (Lipinski definition) is 3. The summed E-state index contributed by atoms with van der Waals surface area (Å²) >= 11 is 3.23. The summed E-state index contributed by atoms with van der Waals surface area (Å²) in [6, 6.07) is 10.2. The Morgan fingerprint density at radius 2 is 1.95 bits per heavy atom. The fraction of sp³-hybridized carbons (Fsp3) is 0.133. The van der Waals surface area contributed by atoms with Gasteiger partial charge >= 0.3 is 0 Å². The SMILES string of the molecule is CN(C)C(=O)c1cccc(NC(=O)c2cccnc2Br)c1. The van der Waals surface area contributed by atoms with Crippen LogP contribution in [0.5, 0.6) is 0 Å². The lowest BCUT2D eigenvalue weighted by atomic mass is 10.1. The number of halogens is 1. The highest BCUT2D eigenvalue weighted by atomic mass is 79.9. The van der Waals surface area contributed by atoms with E-state index in [0.717, 1.165) is 0 Å². The molecule has 0 saturated carbocycles. The van der Waals surface area contributed by atoms with Gasteiger partial charge in [0.05, 0.1) is 5.56 Å². The van der Waals surface area contributed by atoms with Gasteiger partial charge in [0.1, 0.15) is 4.60 Å². The topological polar surface area (TPSA) is 62.3 Å². The highest BCUT2D eigenvalue weighted by Crippen LogP contribution is 2.17. The van der Waals surface area contributed by atoms with Crippen LogP contribution in [0.1, 0.15) is 20.7 Å². The molecule has 21 heavy (non-hydrogen) atoms. The van der Waals surface area contributed by atoms with Crippen molar-refractivity contribution in [2.45, 2.75) is 0 Å². The van der Waals surface area contributed by atoms with Gasteiger partial charge in [0.15, 0.2) is 0 Å². The summed E-state index contributed by atoms with van der Waals surface area (Å²) in [7, 11) is 3.36. The van der Waals surface area contributed by atoms with Gasteiger partial charge < -0.3 is 10.2 Å². The zero-order valence-corrected chi connectivity index (χ0v) is 13.2. The lowest BCUT2D eigenvalue weighted by Crippen LogP contribution is -2.22. The Hall–Kier alpha value is -2.21. The van der Waals surface area contributed by atoms with Crippen LogP contribution in [0, 0.1) is 0 Å². The van der Waals surface area contributed by atoms with Gasteiger partial charge in [-0.1, -0.05) is 6.07 Å². The molecule has 0 spiro atoms. The lowest BCUT2D eigenvalue weighted by Gasteiger charge is -2.12. The molecule has 0 aliphatic heterocycles. The third-order valence-electron chi connectivity index (χ3n) is 2.78. The number of carbonyl (C=O) groups is 2. The van der Waals surface area contributed by atoms with E-state index in [1.807, 2.05) is 0 Å². The van der Waals surface area contributed by atoms with E-state index in [2.05, 4.69) is 26.2 Å². The molecule has 0 aliphatic carbocycles. The zero-order chi connectivity index (χ0) is 15.4. The predicted octanol–water partition coefficient (Wildman–Crippen LogP) is 2.80. The minimum atomic E-state index is -0.288. The summed E-state index contributed by atoms with van der Waals surface area (Å²) in [6.07, 6.45) is 1.59. The van der Waals surface area contributed by atoms with Gasteiger partial charge in [-0.3, -0.25) is 9.59 Å². The molecule has 0 atom stereocenters. The van der Waals surface area contributed by atoms with E-state index < -0.39 is 0 Å². The molecule has 0 radical (unpaired) electrons. The van der Waals surface area contributed by atoms with Crippen LogP contribution in [-0.4, -0.2) is 35.8 Å². The highest BCUT2D eigenvalue weighted by Gasteiger charge is 2.12. The van der Waals surface area contributed by atoms with E-state index in [4.69, 9.17) is 0 Å². The van der Waals surface area contributed by atoms with Crippen LogP contribution < -0.4 is 5.32 Å². The predicted molar refractivity (Wildman–Crippen MR) is 84.3 cm³/mol. The smallest absolute Gasteiger partial charge is 0.258 e. The molecule has 1 N–H and O–H groups in total. The number of pyridine rings is 1. The molecular formula is C15H14BrN3O2. The average Bonchev–Trinajstić information content (AvgIpc) is 2.47. The molecule has 1 heterocycles. The Kier molecular flexibility index (Phi) is 4.70. The number of carbonyl (C=O) groups excluding carboxylic acids is 2. The molecular weight excluding hydrogens is 334 g/mol. The van der Waals surface area contributed by atoms with Crippen molar-refractivity contribution in [2.24, 2.45) is 0 Å². The first-order valence-electron chi connectivity index (χ1n) is 6.22. The van der Waals surface area contributed by atoms with Crippen molar-refractivity contribution in [3.05, 3.63) is 58.3 Å². The summed E-state index contributed by atoms with van der Waals surface area (Å²) in [5.74, 6) is -0.405. The van der Waals surface area contributed by atoms with Crippen molar-refractivity contribution in [3.8, 4) is 0 Å². The number of benzene rings is 1.